The second kappa shape index (κ2) is 5.30. The van der Waals surface area contributed by atoms with Crippen LogP contribution in [0.25, 0.3) is 5.57 Å². The van der Waals surface area contributed by atoms with E-state index in [1.165, 1.54) is 0 Å². The number of ketones is 1. The van der Waals surface area contributed by atoms with E-state index >= 15 is 0 Å². The molecule has 6 rings (SSSR count). The van der Waals surface area contributed by atoms with Gasteiger partial charge in [0.15, 0.2) is 11.5 Å². The number of halogens is 1. The number of nitrogens with zero attached hydrogens (tertiary/aromatic N) is 2. The Labute approximate surface area is 171 Å². The first-order chi connectivity index (χ1) is 13.1. The normalized spacial score (nSPS) is 29.1. The fraction of sp³-hybridized carbons (Fsp3) is 0.316. The number of nitrogens with one attached hydrogen (secondary N) is 1. The fourth-order valence-electron chi connectivity index (χ4n) is 4.90. The maximum absolute atomic E-state index is 12.5. The first kappa shape index (κ1) is 16.4. The molecule has 1 aromatic rings. The van der Waals surface area contributed by atoms with Gasteiger partial charge in [0.25, 0.3) is 0 Å². The molecule has 2 atom stereocenters. The third-order valence-electron chi connectivity index (χ3n) is 5.93. The Morgan fingerprint density at radius 2 is 2.33 bits per heavy atom. The van der Waals surface area contributed by atoms with Gasteiger partial charge in [-0.05, 0) is 46.7 Å². The van der Waals surface area contributed by atoms with E-state index in [9.17, 15) is 9.90 Å². The number of phenolic OH excluding ortho intramolecular Hbond substituents is 1. The lowest BCUT2D eigenvalue weighted by atomic mass is 9.71. The van der Waals surface area contributed by atoms with Crippen LogP contribution >= 0.6 is 39.5 Å². The van der Waals surface area contributed by atoms with Crippen LogP contribution in [0.15, 0.2) is 30.4 Å². The number of carbonyl (C=O) groups excluding carboxylic acids is 1. The van der Waals surface area contributed by atoms with Crippen molar-refractivity contribution in [2.24, 2.45) is 9.98 Å². The molecule has 0 radical (unpaired) electrons. The number of phenols is 1. The average Bonchev–Trinajstić information content (AvgIpc) is 3.21. The van der Waals surface area contributed by atoms with Crippen molar-refractivity contribution in [1.82, 2.24) is 0 Å². The summed E-state index contributed by atoms with van der Waals surface area (Å²) in [4.78, 5) is 24.0. The van der Waals surface area contributed by atoms with E-state index < -0.39 is 5.41 Å². The summed E-state index contributed by atoms with van der Waals surface area (Å²) in [7, 11) is 0. The zero-order valence-electron chi connectivity index (χ0n) is 14.3. The van der Waals surface area contributed by atoms with E-state index in [1.807, 2.05) is 12.5 Å². The molecule has 5 aliphatic rings. The molecule has 2 N–H and O–H groups in total. The fourth-order valence-corrected chi connectivity index (χ4v) is 8.31. The Balaban J connectivity index is 1.82. The largest absolute Gasteiger partial charge is 0.504 e. The summed E-state index contributed by atoms with van der Waals surface area (Å²) in [6.07, 6.45) is 7.31. The molecule has 0 aromatic heterocycles. The zero-order valence-corrected chi connectivity index (χ0v) is 17.5. The minimum absolute atomic E-state index is 0.00752. The number of allylic oxidation sites excluding steroid dienone is 4. The van der Waals surface area contributed by atoms with Gasteiger partial charge in [0.1, 0.15) is 5.69 Å². The molecule has 5 nitrogen and oxygen atoms in total. The summed E-state index contributed by atoms with van der Waals surface area (Å²) in [5, 5.41) is 16.6. The smallest absolute Gasteiger partial charge is 0.194 e. The SMILES string of the molecule is CSC1=C(Br)C(=O)C=C2S[C@H]3C[C@@]21c1c(c(O)c2c4c1=NCCC=4C=N2)N3. The van der Waals surface area contributed by atoms with Crippen LogP contribution in [-0.4, -0.2) is 35.3 Å². The topological polar surface area (TPSA) is 74.0 Å². The number of hydrogen-bond acceptors (Lipinski definition) is 7. The molecule has 27 heavy (non-hydrogen) atoms. The van der Waals surface area contributed by atoms with E-state index in [0.29, 0.717) is 10.2 Å². The molecule has 0 saturated carbocycles. The minimum Gasteiger partial charge on any atom is -0.504 e. The molecule has 1 aliphatic carbocycles. The van der Waals surface area contributed by atoms with Crippen molar-refractivity contribution in [2.45, 2.75) is 23.6 Å². The number of fused-ring (bicyclic) bond motifs is 3. The maximum Gasteiger partial charge on any atom is 0.194 e. The second-order valence-electron chi connectivity index (χ2n) is 7.17. The first-order valence-corrected chi connectivity index (χ1v) is 11.6. The summed E-state index contributed by atoms with van der Waals surface area (Å²) in [5.74, 6) is 0.208. The summed E-state index contributed by atoms with van der Waals surface area (Å²) in [6, 6.07) is 0. The Bertz CT molecular complexity index is 1200. The van der Waals surface area contributed by atoms with Gasteiger partial charge in [-0.1, -0.05) is 0 Å². The van der Waals surface area contributed by atoms with Crippen molar-refractivity contribution in [3.8, 4) is 5.75 Å². The molecule has 4 aliphatic heterocycles. The lowest BCUT2D eigenvalue weighted by molar-refractivity contribution is -0.110. The maximum atomic E-state index is 12.5. The highest BCUT2D eigenvalue weighted by Gasteiger charge is 2.57. The molecule has 136 valence electrons. The van der Waals surface area contributed by atoms with Crippen molar-refractivity contribution < 1.29 is 9.90 Å². The number of hydrogen-bond donors (Lipinski definition) is 2. The molecular weight excluding hydrogens is 446 g/mol. The molecule has 2 bridgehead atoms. The van der Waals surface area contributed by atoms with Crippen molar-refractivity contribution in [2.75, 3.05) is 18.1 Å². The number of carbonyl (C=O) groups is 1. The Kier molecular flexibility index (Phi) is 3.23. The van der Waals surface area contributed by atoms with Crippen LogP contribution in [0.5, 0.6) is 5.75 Å². The highest BCUT2D eigenvalue weighted by atomic mass is 79.9. The van der Waals surface area contributed by atoms with Crippen LogP contribution in [0.2, 0.25) is 0 Å². The van der Waals surface area contributed by atoms with Crippen LogP contribution < -0.4 is 15.9 Å². The van der Waals surface area contributed by atoms with Crippen LogP contribution in [0.4, 0.5) is 11.4 Å². The van der Waals surface area contributed by atoms with Crippen LogP contribution in [0.3, 0.4) is 0 Å². The van der Waals surface area contributed by atoms with Crippen LogP contribution in [0.1, 0.15) is 18.4 Å². The average molecular weight is 460 g/mol. The predicted molar refractivity (Wildman–Crippen MR) is 114 cm³/mol. The molecule has 0 unspecified atom stereocenters. The van der Waals surface area contributed by atoms with Gasteiger partial charge in [-0.25, -0.2) is 0 Å². The van der Waals surface area contributed by atoms with E-state index in [2.05, 4.69) is 26.2 Å². The van der Waals surface area contributed by atoms with E-state index in [4.69, 9.17) is 4.99 Å². The van der Waals surface area contributed by atoms with Gasteiger partial charge in [-0.2, -0.15) is 0 Å². The summed E-state index contributed by atoms with van der Waals surface area (Å²) < 4.78 is 0.622. The number of rotatable bonds is 1. The van der Waals surface area contributed by atoms with E-state index in [-0.39, 0.29) is 16.9 Å². The van der Waals surface area contributed by atoms with E-state index in [1.54, 1.807) is 29.6 Å². The van der Waals surface area contributed by atoms with Crippen molar-refractivity contribution in [1.29, 1.82) is 0 Å². The highest BCUT2D eigenvalue weighted by molar-refractivity contribution is 9.12. The third kappa shape index (κ3) is 1.82. The highest BCUT2D eigenvalue weighted by Crippen LogP contribution is 2.65. The predicted octanol–water partition coefficient (Wildman–Crippen LogP) is 2.84. The standard InChI is InChI=1S/C19H14BrN3O2S2/c1-26-18-13(20)8(24)4-9-19(18)5-10(27-9)23-16-12(19)14-11-7(2-3-21-14)6-22-15(11)17(16)25/h4,6,10,23,25H,2-3,5H2,1H3/t10-,19-/m0/s1. The van der Waals surface area contributed by atoms with Crippen LogP contribution in [0, 0.1) is 0 Å². The lowest BCUT2D eigenvalue weighted by Crippen LogP contribution is -2.46. The van der Waals surface area contributed by atoms with Gasteiger partial charge in [-0.15, -0.1) is 23.5 Å². The summed E-state index contributed by atoms with van der Waals surface area (Å²) in [5.41, 5.74) is 3.06. The summed E-state index contributed by atoms with van der Waals surface area (Å²) in [6.45, 7) is 0.717. The molecule has 4 heterocycles. The Hall–Kier alpha value is -1.51. The van der Waals surface area contributed by atoms with Crippen LogP contribution in [-0.2, 0) is 10.2 Å². The van der Waals surface area contributed by atoms with Gasteiger partial charge in [0.2, 0.25) is 0 Å². The lowest BCUT2D eigenvalue weighted by Gasteiger charge is -2.40. The first-order valence-electron chi connectivity index (χ1n) is 8.71. The summed E-state index contributed by atoms with van der Waals surface area (Å²) >= 11 is 6.84. The quantitative estimate of drug-likeness (QED) is 0.631. The third-order valence-corrected chi connectivity index (χ3v) is 9.23. The minimum atomic E-state index is -0.432. The number of anilines is 1. The number of thioether (sulfide) groups is 2. The van der Waals surface area contributed by atoms with E-state index in [0.717, 1.165) is 56.6 Å². The number of aromatic hydroxyl groups is 1. The number of aliphatic imine (C=N–C) groups is 1. The molecular formula is C19H14BrN3O2S2. The van der Waals surface area contributed by atoms with Gasteiger partial charge >= 0.3 is 0 Å². The molecule has 1 fully saturated rings. The molecule has 1 spiro atoms. The van der Waals surface area contributed by atoms with Gasteiger partial charge < -0.3 is 10.4 Å². The molecule has 8 heteroatoms. The Morgan fingerprint density at radius 1 is 1.48 bits per heavy atom. The van der Waals surface area contributed by atoms with Crippen molar-refractivity contribution in [3.63, 3.8) is 0 Å². The van der Waals surface area contributed by atoms with Gasteiger partial charge in [-0.3, -0.25) is 14.8 Å². The number of benzene rings is 1. The molecule has 1 aromatic carbocycles. The monoisotopic (exact) mass is 459 g/mol. The molecule has 1 saturated heterocycles. The second-order valence-corrected chi connectivity index (χ2v) is 10.0. The van der Waals surface area contributed by atoms with Crippen molar-refractivity contribution in [3.05, 3.63) is 36.5 Å². The van der Waals surface area contributed by atoms with Gasteiger partial charge in [0.05, 0.1) is 26.3 Å². The zero-order chi connectivity index (χ0) is 18.5. The molecule has 0 amide bonds. The Morgan fingerprint density at radius 3 is 3.15 bits per heavy atom. The van der Waals surface area contributed by atoms with Gasteiger partial charge in [0, 0.05) is 33.4 Å². The van der Waals surface area contributed by atoms with Crippen molar-refractivity contribution >= 4 is 68.4 Å².